The molecule has 0 atom stereocenters. The molecule has 13 heavy (non-hydrogen) atoms. The van der Waals surface area contributed by atoms with Gasteiger partial charge in [0.15, 0.2) is 5.82 Å². The van der Waals surface area contributed by atoms with Crippen LogP contribution in [0.5, 0.6) is 0 Å². The van der Waals surface area contributed by atoms with Crippen molar-refractivity contribution in [1.82, 2.24) is 9.97 Å². The molecule has 0 spiro atoms. The lowest BCUT2D eigenvalue weighted by Crippen LogP contribution is -2.26. The molecule has 1 aromatic rings. The van der Waals surface area contributed by atoms with Crippen LogP contribution in [0.4, 0.5) is 5.82 Å². The molecule has 0 saturated carbocycles. The number of anilines is 1. The highest BCUT2D eigenvalue weighted by atomic mass is 35.5. The van der Waals surface area contributed by atoms with Crippen molar-refractivity contribution in [2.75, 3.05) is 18.0 Å². The Labute approximate surface area is 81.3 Å². The molecule has 0 unspecified atom stereocenters. The Morgan fingerprint density at radius 2 is 2.38 bits per heavy atom. The van der Waals surface area contributed by atoms with E-state index >= 15 is 0 Å². The summed E-state index contributed by atoms with van der Waals surface area (Å²) in [4.78, 5) is 14.2. The monoisotopic (exact) mass is 196 g/mol. The van der Waals surface area contributed by atoms with Gasteiger partial charge in [-0.3, -0.25) is 4.99 Å². The van der Waals surface area contributed by atoms with Crippen molar-refractivity contribution in [3.8, 4) is 0 Å². The quantitative estimate of drug-likeness (QED) is 0.681. The highest BCUT2D eigenvalue weighted by Crippen LogP contribution is 2.22. The first-order chi connectivity index (χ1) is 6.29. The molecule has 1 aliphatic rings. The van der Waals surface area contributed by atoms with E-state index < -0.39 is 0 Å². The number of rotatable bonds is 1. The van der Waals surface area contributed by atoms with Crippen LogP contribution in [-0.4, -0.2) is 28.9 Å². The molecule has 2 rings (SSSR count). The van der Waals surface area contributed by atoms with Gasteiger partial charge in [-0.05, 0) is 6.92 Å². The first-order valence-electron chi connectivity index (χ1n) is 4.03. The fraction of sp³-hybridized carbons (Fsp3) is 0.375. The van der Waals surface area contributed by atoms with Crippen LogP contribution in [0.25, 0.3) is 0 Å². The van der Waals surface area contributed by atoms with E-state index in [1.807, 2.05) is 11.8 Å². The molecule has 0 saturated heterocycles. The Morgan fingerprint density at radius 3 is 3.00 bits per heavy atom. The van der Waals surface area contributed by atoms with E-state index in [0.29, 0.717) is 5.02 Å². The van der Waals surface area contributed by atoms with Crippen molar-refractivity contribution in [2.45, 2.75) is 6.92 Å². The van der Waals surface area contributed by atoms with Gasteiger partial charge in [-0.15, -0.1) is 0 Å². The van der Waals surface area contributed by atoms with Crippen molar-refractivity contribution >= 4 is 23.3 Å². The van der Waals surface area contributed by atoms with Crippen LogP contribution in [0.2, 0.25) is 5.02 Å². The molecule has 0 aromatic carbocycles. The average molecular weight is 197 g/mol. The standard InChI is InChI=1S/C8H9ClN4/c1-6-11-2-3-13(6)8-7(9)4-10-5-12-8/h4-5H,2-3H2,1H3. The van der Waals surface area contributed by atoms with E-state index in [0.717, 1.165) is 24.7 Å². The lowest BCUT2D eigenvalue weighted by molar-refractivity contribution is 0.987. The Bertz CT molecular complexity index is 350. The molecule has 1 aliphatic heterocycles. The summed E-state index contributed by atoms with van der Waals surface area (Å²) in [5, 5.41) is 0.568. The zero-order valence-electron chi connectivity index (χ0n) is 7.24. The van der Waals surface area contributed by atoms with Crippen molar-refractivity contribution < 1.29 is 0 Å². The molecule has 0 radical (unpaired) electrons. The predicted octanol–water partition coefficient (Wildman–Crippen LogP) is 1.37. The van der Waals surface area contributed by atoms with E-state index in [2.05, 4.69) is 15.0 Å². The smallest absolute Gasteiger partial charge is 0.156 e. The number of aromatic nitrogens is 2. The summed E-state index contributed by atoms with van der Waals surface area (Å²) < 4.78 is 0. The topological polar surface area (TPSA) is 41.4 Å². The summed E-state index contributed by atoms with van der Waals surface area (Å²) in [5.41, 5.74) is 0. The summed E-state index contributed by atoms with van der Waals surface area (Å²) >= 11 is 5.95. The van der Waals surface area contributed by atoms with E-state index in [1.165, 1.54) is 6.33 Å². The largest absolute Gasteiger partial charge is 0.312 e. The molecule has 5 heteroatoms. The molecule has 4 nitrogen and oxygen atoms in total. The summed E-state index contributed by atoms with van der Waals surface area (Å²) in [7, 11) is 0. The lowest BCUT2D eigenvalue weighted by atomic mass is 10.4. The molecule has 0 fully saturated rings. The Morgan fingerprint density at radius 1 is 1.54 bits per heavy atom. The summed E-state index contributed by atoms with van der Waals surface area (Å²) in [6.45, 7) is 3.61. The SMILES string of the molecule is CC1=NCCN1c1ncncc1Cl. The van der Waals surface area contributed by atoms with Crippen LogP contribution in [0.3, 0.4) is 0 Å². The molecule has 0 aliphatic carbocycles. The molecular weight excluding hydrogens is 188 g/mol. The zero-order valence-corrected chi connectivity index (χ0v) is 7.99. The second-order valence-electron chi connectivity index (χ2n) is 2.77. The van der Waals surface area contributed by atoms with Crippen LogP contribution >= 0.6 is 11.6 Å². The fourth-order valence-electron chi connectivity index (χ4n) is 1.32. The minimum absolute atomic E-state index is 0.568. The van der Waals surface area contributed by atoms with Gasteiger partial charge in [0, 0.05) is 6.54 Å². The van der Waals surface area contributed by atoms with Crippen molar-refractivity contribution in [3.63, 3.8) is 0 Å². The predicted molar refractivity (Wildman–Crippen MR) is 52.4 cm³/mol. The third kappa shape index (κ3) is 1.49. The minimum Gasteiger partial charge on any atom is -0.312 e. The van der Waals surface area contributed by atoms with Gasteiger partial charge in [0.05, 0.1) is 12.7 Å². The Kier molecular flexibility index (Phi) is 2.14. The van der Waals surface area contributed by atoms with Crippen LogP contribution in [0.15, 0.2) is 17.5 Å². The number of amidine groups is 1. The molecule has 1 aromatic heterocycles. The maximum atomic E-state index is 5.95. The normalized spacial score (nSPS) is 16.2. The maximum absolute atomic E-state index is 5.95. The molecule has 68 valence electrons. The van der Waals surface area contributed by atoms with E-state index in [4.69, 9.17) is 11.6 Å². The summed E-state index contributed by atoms with van der Waals surface area (Å²) in [5.74, 6) is 1.70. The number of hydrogen-bond acceptors (Lipinski definition) is 4. The van der Waals surface area contributed by atoms with Gasteiger partial charge >= 0.3 is 0 Å². The average Bonchev–Trinajstić information content (AvgIpc) is 2.52. The van der Waals surface area contributed by atoms with Crippen molar-refractivity contribution in [3.05, 3.63) is 17.5 Å². The second-order valence-corrected chi connectivity index (χ2v) is 3.18. The van der Waals surface area contributed by atoms with Crippen molar-refractivity contribution in [1.29, 1.82) is 0 Å². The molecular formula is C8H9ClN4. The number of hydrogen-bond donors (Lipinski definition) is 0. The number of halogens is 1. The van der Waals surface area contributed by atoms with Gasteiger partial charge in [0.25, 0.3) is 0 Å². The third-order valence-corrected chi connectivity index (χ3v) is 2.23. The van der Waals surface area contributed by atoms with Gasteiger partial charge < -0.3 is 4.90 Å². The van der Waals surface area contributed by atoms with E-state index in [1.54, 1.807) is 6.20 Å². The maximum Gasteiger partial charge on any atom is 0.156 e. The molecule has 0 bridgehead atoms. The highest BCUT2D eigenvalue weighted by molar-refractivity contribution is 6.33. The van der Waals surface area contributed by atoms with E-state index in [9.17, 15) is 0 Å². The Balaban J connectivity index is 2.36. The zero-order chi connectivity index (χ0) is 9.26. The molecule has 0 N–H and O–H groups in total. The minimum atomic E-state index is 0.568. The van der Waals surface area contributed by atoms with Crippen LogP contribution in [-0.2, 0) is 0 Å². The number of nitrogens with zero attached hydrogens (tertiary/aromatic N) is 4. The third-order valence-electron chi connectivity index (χ3n) is 1.96. The fourth-order valence-corrected chi connectivity index (χ4v) is 1.53. The lowest BCUT2D eigenvalue weighted by Gasteiger charge is -2.17. The van der Waals surface area contributed by atoms with Gasteiger partial charge in [0.1, 0.15) is 17.2 Å². The first-order valence-corrected chi connectivity index (χ1v) is 4.41. The van der Waals surface area contributed by atoms with Crippen molar-refractivity contribution in [2.24, 2.45) is 4.99 Å². The van der Waals surface area contributed by atoms with Gasteiger partial charge in [-0.2, -0.15) is 0 Å². The van der Waals surface area contributed by atoms with Gasteiger partial charge in [-0.25, -0.2) is 9.97 Å². The molecule has 2 heterocycles. The number of aliphatic imine (C=N–C) groups is 1. The summed E-state index contributed by atoms with van der Waals surface area (Å²) in [6.07, 6.45) is 3.09. The summed E-state index contributed by atoms with van der Waals surface area (Å²) in [6, 6.07) is 0. The van der Waals surface area contributed by atoms with Gasteiger partial charge in [0.2, 0.25) is 0 Å². The molecule has 0 amide bonds. The van der Waals surface area contributed by atoms with Crippen LogP contribution in [0, 0.1) is 0 Å². The van der Waals surface area contributed by atoms with Crippen LogP contribution in [0.1, 0.15) is 6.92 Å². The van der Waals surface area contributed by atoms with E-state index in [-0.39, 0.29) is 0 Å². The Hall–Kier alpha value is -1.16. The van der Waals surface area contributed by atoms with Gasteiger partial charge in [-0.1, -0.05) is 11.6 Å². The highest BCUT2D eigenvalue weighted by Gasteiger charge is 2.17. The first kappa shape index (κ1) is 8.44. The second kappa shape index (κ2) is 3.30. The van der Waals surface area contributed by atoms with Crippen LogP contribution < -0.4 is 4.90 Å².